The number of methoxy groups -OCH3 is 1. The van der Waals surface area contributed by atoms with E-state index in [9.17, 15) is 0 Å². The molecule has 0 atom stereocenters. The van der Waals surface area contributed by atoms with E-state index < -0.39 is 0 Å². The fourth-order valence-corrected chi connectivity index (χ4v) is 3.14. The van der Waals surface area contributed by atoms with Crippen molar-refractivity contribution < 1.29 is 4.74 Å². The summed E-state index contributed by atoms with van der Waals surface area (Å²) in [5.74, 6) is 1.30. The molecule has 1 aromatic heterocycles. The monoisotopic (exact) mass is 294 g/mol. The first-order valence-electron chi connectivity index (χ1n) is 8.21. The van der Waals surface area contributed by atoms with Gasteiger partial charge in [-0.05, 0) is 19.8 Å². The molecule has 5 heteroatoms. The maximum absolute atomic E-state index is 5.10. The average molecular weight is 294 g/mol. The van der Waals surface area contributed by atoms with E-state index in [4.69, 9.17) is 4.74 Å². The van der Waals surface area contributed by atoms with Gasteiger partial charge < -0.3 is 15.0 Å². The van der Waals surface area contributed by atoms with Gasteiger partial charge in [0.1, 0.15) is 5.82 Å². The maximum Gasteiger partial charge on any atom is 0.131 e. The van der Waals surface area contributed by atoms with E-state index in [0.717, 1.165) is 38.5 Å². The quantitative estimate of drug-likeness (QED) is 0.817. The number of ether oxygens (including phenoxy) is 1. The van der Waals surface area contributed by atoms with E-state index in [1.807, 2.05) is 0 Å². The molecule has 1 N–H and O–H groups in total. The van der Waals surface area contributed by atoms with Gasteiger partial charge in [-0.25, -0.2) is 0 Å². The van der Waals surface area contributed by atoms with Crippen LogP contribution in [0, 0.1) is 6.92 Å². The Balaban J connectivity index is 2.08. The zero-order valence-electron chi connectivity index (χ0n) is 13.8. The van der Waals surface area contributed by atoms with Gasteiger partial charge in [-0.1, -0.05) is 19.3 Å². The highest BCUT2D eigenvalue weighted by Crippen LogP contribution is 2.25. The molecule has 0 spiro atoms. The maximum atomic E-state index is 5.10. The van der Waals surface area contributed by atoms with Crippen LogP contribution in [0.2, 0.25) is 0 Å². The van der Waals surface area contributed by atoms with Crippen molar-refractivity contribution in [2.45, 2.75) is 45.6 Å². The van der Waals surface area contributed by atoms with E-state index in [0.29, 0.717) is 0 Å². The molecule has 0 amide bonds. The summed E-state index contributed by atoms with van der Waals surface area (Å²) < 4.78 is 7.16. The lowest BCUT2D eigenvalue weighted by molar-refractivity contribution is 0.199. The summed E-state index contributed by atoms with van der Waals surface area (Å²) in [4.78, 5) is 2.53. The van der Waals surface area contributed by atoms with Gasteiger partial charge in [0, 0.05) is 45.9 Å². The fourth-order valence-electron chi connectivity index (χ4n) is 3.14. The average Bonchev–Trinajstić information content (AvgIpc) is 2.70. The molecule has 0 radical (unpaired) electrons. The highest BCUT2D eigenvalue weighted by atomic mass is 16.5. The Morgan fingerprint density at radius 2 is 1.81 bits per heavy atom. The van der Waals surface area contributed by atoms with Crippen LogP contribution in [0.25, 0.3) is 0 Å². The number of aromatic nitrogens is 2. The van der Waals surface area contributed by atoms with Crippen LogP contribution in [0.1, 0.15) is 43.4 Å². The number of nitrogens with one attached hydrogen (secondary N) is 1. The Bertz CT molecular complexity index is 422. The molecule has 1 aliphatic heterocycles. The molecular formula is C16H30N4O. The molecule has 120 valence electrons. The molecule has 0 aromatic carbocycles. The topological polar surface area (TPSA) is 42.3 Å². The minimum Gasteiger partial charge on any atom is -0.383 e. The minimum atomic E-state index is 0.748. The van der Waals surface area contributed by atoms with Gasteiger partial charge in [0.25, 0.3) is 0 Å². The summed E-state index contributed by atoms with van der Waals surface area (Å²) in [5.41, 5.74) is 2.48. The predicted octanol–water partition coefficient (Wildman–Crippen LogP) is 2.24. The van der Waals surface area contributed by atoms with Crippen LogP contribution in [0.5, 0.6) is 0 Å². The lowest BCUT2D eigenvalue weighted by Crippen LogP contribution is -2.30. The van der Waals surface area contributed by atoms with Crippen LogP contribution < -0.4 is 10.2 Å². The van der Waals surface area contributed by atoms with Crippen LogP contribution >= 0.6 is 0 Å². The van der Waals surface area contributed by atoms with E-state index in [1.165, 1.54) is 43.5 Å². The van der Waals surface area contributed by atoms with E-state index >= 15 is 0 Å². The number of rotatable bonds is 6. The second-order valence-corrected chi connectivity index (χ2v) is 5.94. The molecule has 1 aromatic rings. The number of hydrogen-bond acceptors (Lipinski definition) is 4. The molecule has 1 fully saturated rings. The van der Waals surface area contributed by atoms with E-state index in [2.05, 4.69) is 34.0 Å². The zero-order valence-corrected chi connectivity index (χ0v) is 13.8. The van der Waals surface area contributed by atoms with Crippen molar-refractivity contribution in [3.05, 3.63) is 11.3 Å². The van der Waals surface area contributed by atoms with Crippen LogP contribution in [-0.2, 0) is 18.3 Å². The molecule has 0 bridgehead atoms. The minimum absolute atomic E-state index is 0.748. The van der Waals surface area contributed by atoms with Gasteiger partial charge in [-0.15, -0.1) is 0 Å². The van der Waals surface area contributed by atoms with Gasteiger partial charge in [0.15, 0.2) is 0 Å². The highest BCUT2D eigenvalue weighted by molar-refractivity contribution is 5.50. The van der Waals surface area contributed by atoms with E-state index in [1.54, 1.807) is 7.11 Å². The number of hydrogen-bond donors (Lipinski definition) is 1. The summed E-state index contributed by atoms with van der Waals surface area (Å²) in [6.07, 6.45) is 6.69. The standard InChI is InChI=1S/C16H30N4O/c1-14-15(13-17-9-12-21-3)16(19(2)18-14)20-10-7-5-4-6-8-11-20/h17H,4-13H2,1-3H3. The molecule has 0 saturated carbocycles. The summed E-state index contributed by atoms with van der Waals surface area (Å²) in [7, 11) is 3.81. The Kier molecular flexibility index (Phi) is 6.51. The smallest absolute Gasteiger partial charge is 0.131 e. The van der Waals surface area contributed by atoms with Crippen molar-refractivity contribution in [1.29, 1.82) is 0 Å². The molecule has 1 saturated heterocycles. The van der Waals surface area contributed by atoms with Crippen molar-refractivity contribution in [2.75, 3.05) is 38.3 Å². The first kappa shape index (κ1) is 16.3. The Morgan fingerprint density at radius 1 is 1.14 bits per heavy atom. The largest absolute Gasteiger partial charge is 0.383 e. The third-order valence-corrected chi connectivity index (χ3v) is 4.25. The van der Waals surface area contributed by atoms with Crippen molar-refractivity contribution in [2.24, 2.45) is 7.05 Å². The summed E-state index contributed by atoms with van der Waals surface area (Å²) in [6.45, 7) is 6.92. The van der Waals surface area contributed by atoms with Gasteiger partial charge in [-0.3, -0.25) is 4.68 Å². The SMILES string of the molecule is COCCNCc1c(C)nn(C)c1N1CCCCCCC1. The lowest BCUT2D eigenvalue weighted by atomic mass is 10.1. The third kappa shape index (κ3) is 4.45. The van der Waals surface area contributed by atoms with Crippen LogP contribution in [0.3, 0.4) is 0 Å². The summed E-state index contributed by atoms with van der Waals surface area (Å²) in [6, 6.07) is 0. The van der Waals surface area contributed by atoms with Crippen molar-refractivity contribution in [3.63, 3.8) is 0 Å². The normalized spacial score (nSPS) is 16.8. The molecule has 2 rings (SSSR count). The molecule has 1 aliphatic rings. The third-order valence-electron chi connectivity index (χ3n) is 4.25. The number of nitrogens with zero attached hydrogens (tertiary/aromatic N) is 3. The second-order valence-electron chi connectivity index (χ2n) is 5.94. The zero-order chi connectivity index (χ0) is 15.1. The van der Waals surface area contributed by atoms with Crippen LogP contribution in [-0.4, -0.2) is 43.1 Å². The molecule has 5 nitrogen and oxygen atoms in total. The van der Waals surface area contributed by atoms with Gasteiger partial charge >= 0.3 is 0 Å². The first-order chi connectivity index (χ1) is 10.2. The Labute approximate surface area is 128 Å². The van der Waals surface area contributed by atoms with E-state index in [-0.39, 0.29) is 0 Å². The van der Waals surface area contributed by atoms with Gasteiger partial charge in [-0.2, -0.15) is 5.10 Å². The molecular weight excluding hydrogens is 264 g/mol. The van der Waals surface area contributed by atoms with Crippen molar-refractivity contribution >= 4 is 5.82 Å². The molecule has 21 heavy (non-hydrogen) atoms. The number of anilines is 1. The summed E-state index contributed by atoms with van der Waals surface area (Å²) >= 11 is 0. The first-order valence-corrected chi connectivity index (χ1v) is 8.21. The fraction of sp³-hybridized carbons (Fsp3) is 0.812. The Hall–Kier alpha value is -1.07. The summed E-state index contributed by atoms with van der Waals surface area (Å²) in [5, 5.41) is 8.10. The van der Waals surface area contributed by atoms with Crippen LogP contribution in [0.4, 0.5) is 5.82 Å². The Morgan fingerprint density at radius 3 is 2.48 bits per heavy atom. The van der Waals surface area contributed by atoms with Crippen molar-refractivity contribution in [1.82, 2.24) is 15.1 Å². The second kappa shape index (κ2) is 8.39. The van der Waals surface area contributed by atoms with Crippen LogP contribution in [0.15, 0.2) is 0 Å². The lowest BCUT2D eigenvalue weighted by Gasteiger charge is -2.28. The van der Waals surface area contributed by atoms with Crippen molar-refractivity contribution in [3.8, 4) is 0 Å². The number of aryl methyl sites for hydroxylation is 2. The van der Waals surface area contributed by atoms with Gasteiger partial charge in [0.05, 0.1) is 12.3 Å². The molecule has 0 aliphatic carbocycles. The predicted molar refractivity (Wildman–Crippen MR) is 86.8 cm³/mol. The van der Waals surface area contributed by atoms with Gasteiger partial charge in [0.2, 0.25) is 0 Å². The molecule has 0 unspecified atom stereocenters. The molecule has 2 heterocycles. The highest BCUT2D eigenvalue weighted by Gasteiger charge is 2.19.